The highest BCUT2D eigenvalue weighted by Gasteiger charge is 2.15. The Morgan fingerprint density at radius 2 is 2.19 bits per heavy atom. The Hall–Kier alpha value is -0.800. The maximum Gasteiger partial charge on any atom is 0.293 e. The Labute approximate surface area is 142 Å². The van der Waals surface area contributed by atoms with Crippen LogP contribution in [0.5, 0.6) is 5.75 Å². The van der Waals surface area contributed by atoms with Crippen LogP contribution in [0.15, 0.2) is 27.7 Å². The minimum Gasteiger partial charge on any atom is -0.396 e. The molecule has 0 fully saturated rings. The first kappa shape index (κ1) is 16.6. The molecular formula is C11H8BrCl2N3O3S. The van der Waals surface area contributed by atoms with Crippen molar-refractivity contribution in [2.45, 2.75) is 6.92 Å². The van der Waals surface area contributed by atoms with Crippen molar-refractivity contribution in [1.82, 2.24) is 14.8 Å². The van der Waals surface area contributed by atoms with Crippen LogP contribution >= 0.6 is 51.5 Å². The lowest BCUT2D eigenvalue weighted by atomic mass is 10.4. The summed E-state index contributed by atoms with van der Waals surface area (Å²) >= 11 is 15.6. The second-order valence-corrected chi connectivity index (χ2v) is 5.80. The summed E-state index contributed by atoms with van der Waals surface area (Å²) < 4.78 is 12.1. The molecular weight excluding hydrogens is 405 g/mol. The van der Waals surface area contributed by atoms with Gasteiger partial charge in [-0.1, -0.05) is 23.2 Å². The van der Waals surface area contributed by atoms with Gasteiger partial charge >= 0.3 is 0 Å². The normalized spacial score (nSPS) is 10.7. The second kappa shape index (κ2) is 7.46. The molecule has 0 saturated heterocycles. The van der Waals surface area contributed by atoms with Gasteiger partial charge in [0.15, 0.2) is 5.75 Å². The number of hydrogen-bond donors (Lipinski definition) is 0. The van der Waals surface area contributed by atoms with Crippen LogP contribution in [-0.4, -0.2) is 21.4 Å². The first-order valence-electron chi connectivity index (χ1n) is 5.60. The van der Waals surface area contributed by atoms with E-state index in [1.807, 2.05) is 6.92 Å². The van der Waals surface area contributed by atoms with Crippen molar-refractivity contribution in [1.29, 1.82) is 0 Å². The summed E-state index contributed by atoms with van der Waals surface area (Å²) in [6, 6.07) is 1.63. The number of hydrogen-bond acceptors (Lipinski definition) is 6. The van der Waals surface area contributed by atoms with Crippen LogP contribution in [-0.2, 0) is 4.18 Å². The van der Waals surface area contributed by atoms with E-state index in [4.69, 9.17) is 31.6 Å². The van der Waals surface area contributed by atoms with Crippen molar-refractivity contribution >= 4 is 51.5 Å². The number of nitrogens with zero attached hydrogens (tertiary/aromatic N) is 3. The molecule has 112 valence electrons. The quantitative estimate of drug-likeness (QED) is 0.551. The van der Waals surface area contributed by atoms with E-state index < -0.39 is 5.56 Å². The summed E-state index contributed by atoms with van der Waals surface area (Å²) in [4.78, 5) is 16.2. The Kier molecular flexibility index (Phi) is 5.88. The van der Waals surface area contributed by atoms with Gasteiger partial charge in [0.2, 0.25) is 18.1 Å². The molecule has 0 saturated carbocycles. The summed E-state index contributed by atoms with van der Waals surface area (Å²) in [5.74, 6) is 0.463. The molecule has 0 spiro atoms. The highest BCUT2D eigenvalue weighted by molar-refractivity contribution is 9.10. The van der Waals surface area contributed by atoms with E-state index in [1.54, 1.807) is 6.07 Å². The van der Waals surface area contributed by atoms with E-state index in [1.165, 1.54) is 12.4 Å². The molecule has 0 aliphatic carbocycles. The van der Waals surface area contributed by atoms with E-state index in [9.17, 15) is 4.79 Å². The van der Waals surface area contributed by atoms with Gasteiger partial charge in [0.25, 0.3) is 5.56 Å². The van der Waals surface area contributed by atoms with Crippen molar-refractivity contribution < 1.29 is 8.37 Å². The van der Waals surface area contributed by atoms with E-state index in [-0.39, 0.29) is 21.6 Å². The predicted octanol–water partition coefficient (Wildman–Crippen LogP) is 3.68. The monoisotopic (exact) mass is 411 g/mol. The van der Waals surface area contributed by atoms with Crippen LogP contribution < -0.4 is 9.74 Å². The van der Waals surface area contributed by atoms with Gasteiger partial charge in [-0.05, 0) is 22.9 Å². The number of aromatic nitrogens is 3. The zero-order valence-corrected chi connectivity index (χ0v) is 14.5. The van der Waals surface area contributed by atoms with Crippen LogP contribution in [0.1, 0.15) is 6.92 Å². The average Bonchev–Trinajstić information content (AvgIpc) is 2.46. The van der Waals surface area contributed by atoms with Gasteiger partial charge in [0.1, 0.15) is 5.02 Å². The largest absolute Gasteiger partial charge is 0.396 e. The third kappa shape index (κ3) is 3.89. The SMILES string of the molecule is CCOSOc1cc(Br)cnc1-n1ncc(Cl)c(Cl)c1=O. The summed E-state index contributed by atoms with van der Waals surface area (Å²) in [5, 5.41) is 3.84. The summed E-state index contributed by atoms with van der Waals surface area (Å²) in [5.41, 5.74) is -0.592. The van der Waals surface area contributed by atoms with Crippen LogP contribution in [0.2, 0.25) is 10.0 Å². The minimum atomic E-state index is -0.592. The lowest BCUT2D eigenvalue weighted by molar-refractivity contribution is 0.368. The highest BCUT2D eigenvalue weighted by Crippen LogP contribution is 2.27. The molecule has 2 rings (SSSR count). The zero-order valence-electron chi connectivity index (χ0n) is 10.5. The molecule has 0 amide bonds. The number of halogens is 3. The molecule has 10 heteroatoms. The molecule has 2 aromatic heterocycles. The maximum absolute atomic E-state index is 12.1. The van der Waals surface area contributed by atoms with E-state index in [0.29, 0.717) is 11.1 Å². The van der Waals surface area contributed by atoms with Crippen molar-refractivity contribution in [3.05, 3.63) is 43.3 Å². The predicted molar refractivity (Wildman–Crippen MR) is 85.2 cm³/mol. The molecule has 0 unspecified atom stereocenters. The van der Waals surface area contributed by atoms with Gasteiger partial charge < -0.3 is 4.18 Å². The Balaban J connectivity index is 2.48. The molecule has 0 N–H and O–H groups in total. The summed E-state index contributed by atoms with van der Waals surface area (Å²) in [6.07, 6.45) is 2.76. The molecule has 2 heterocycles. The van der Waals surface area contributed by atoms with Crippen molar-refractivity contribution in [2.24, 2.45) is 0 Å². The van der Waals surface area contributed by atoms with Crippen molar-refractivity contribution in [2.75, 3.05) is 6.61 Å². The van der Waals surface area contributed by atoms with Gasteiger partial charge in [-0.2, -0.15) is 9.78 Å². The van der Waals surface area contributed by atoms with Crippen LogP contribution in [0, 0.1) is 0 Å². The van der Waals surface area contributed by atoms with Gasteiger partial charge in [0, 0.05) is 16.7 Å². The summed E-state index contributed by atoms with van der Waals surface area (Å²) in [6.45, 7) is 2.29. The number of rotatable bonds is 5. The maximum atomic E-state index is 12.1. The van der Waals surface area contributed by atoms with Crippen molar-refractivity contribution in [3.63, 3.8) is 0 Å². The third-order valence-electron chi connectivity index (χ3n) is 2.17. The van der Waals surface area contributed by atoms with Crippen molar-refractivity contribution in [3.8, 4) is 11.6 Å². The van der Waals surface area contributed by atoms with Gasteiger partial charge in [-0.3, -0.25) is 8.98 Å². The van der Waals surface area contributed by atoms with E-state index in [2.05, 4.69) is 26.0 Å². The second-order valence-electron chi connectivity index (χ2n) is 3.56. The molecule has 0 aliphatic heterocycles. The third-order valence-corrected chi connectivity index (χ3v) is 3.93. The van der Waals surface area contributed by atoms with Gasteiger partial charge in [-0.15, -0.1) is 0 Å². The molecule has 0 aromatic carbocycles. The molecule has 21 heavy (non-hydrogen) atoms. The number of pyridine rings is 1. The zero-order chi connectivity index (χ0) is 15.4. The van der Waals surface area contributed by atoms with E-state index in [0.717, 1.165) is 17.0 Å². The minimum absolute atomic E-state index is 0.0705. The topological polar surface area (TPSA) is 66.2 Å². The molecule has 2 aromatic rings. The van der Waals surface area contributed by atoms with Crippen LogP contribution in [0.4, 0.5) is 0 Å². The van der Waals surface area contributed by atoms with E-state index >= 15 is 0 Å². The highest BCUT2D eigenvalue weighted by atomic mass is 79.9. The fraction of sp³-hybridized carbons (Fsp3) is 0.182. The molecule has 0 atom stereocenters. The first-order chi connectivity index (χ1) is 10.0. The Bertz CT molecular complexity index is 714. The Morgan fingerprint density at radius 3 is 2.90 bits per heavy atom. The average molecular weight is 413 g/mol. The molecule has 6 nitrogen and oxygen atoms in total. The fourth-order valence-corrected chi connectivity index (χ4v) is 2.21. The summed E-state index contributed by atoms with van der Waals surface area (Å²) in [7, 11) is 0. The standard InChI is InChI=1S/C11H8BrCl2N3O3S/c1-2-19-21-20-8-3-6(12)4-15-10(8)17-11(18)9(14)7(13)5-16-17/h3-5H,2H2,1H3. The Morgan fingerprint density at radius 1 is 1.43 bits per heavy atom. The molecule has 0 aliphatic rings. The van der Waals surface area contributed by atoms with Crippen LogP contribution in [0.25, 0.3) is 5.82 Å². The lowest BCUT2D eigenvalue weighted by Crippen LogP contribution is -2.22. The molecule has 0 bridgehead atoms. The molecule has 0 radical (unpaired) electrons. The van der Waals surface area contributed by atoms with Crippen LogP contribution in [0.3, 0.4) is 0 Å². The fourth-order valence-electron chi connectivity index (χ4n) is 1.31. The van der Waals surface area contributed by atoms with Gasteiger partial charge in [0.05, 0.1) is 17.8 Å². The smallest absolute Gasteiger partial charge is 0.293 e. The van der Waals surface area contributed by atoms with Gasteiger partial charge in [-0.25, -0.2) is 4.98 Å². The first-order valence-corrected chi connectivity index (χ1v) is 7.81. The lowest BCUT2D eigenvalue weighted by Gasteiger charge is -2.10.